The average molecular weight is 313 g/mol. The lowest BCUT2D eigenvalue weighted by Gasteiger charge is -2.22. The summed E-state index contributed by atoms with van der Waals surface area (Å²) >= 11 is 0. The Kier molecular flexibility index (Phi) is 8.16. The zero-order valence-corrected chi connectivity index (χ0v) is 13.6. The van der Waals surface area contributed by atoms with E-state index in [2.05, 4.69) is 10.6 Å². The van der Waals surface area contributed by atoms with Crippen LogP contribution in [0.5, 0.6) is 0 Å². The molecular weight excluding hydrogens is 290 g/mol. The molecule has 0 aliphatic carbocycles. The molecule has 0 aliphatic heterocycles. The van der Waals surface area contributed by atoms with Gasteiger partial charge in [0, 0.05) is 12.6 Å². The van der Waals surface area contributed by atoms with E-state index in [-0.39, 0.29) is 30.7 Å². The molecule has 1 aromatic rings. The number of amides is 2. The Balaban J connectivity index is 2.65. The van der Waals surface area contributed by atoms with Gasteiger partial charge < -0.3 is 10.6 Å². The Morgan fingerprint density at radius 3 is 2.61 bits per heavy atom. The largest absolute Gasteiger partial charge is 0.353 e. The van der Waals surface area contributed by atoms with Crippen LogP contribution >= 0.6 is 0 Å². The zero-order valence-electron chi connectivity index (χ0n) is 13.6. The highest BCUT2D eigenvalue weighted by Crippen LogP contribution is 2.08. The highest BCUT2D eigenvalue weighted by atomic mass is 16.2. The van der Waals surface area contributed by atoms with Crippen LogP contribution in [0.15, 0.2) is 36.4 Å². The lowest BCUT2D eigenvalue weighted by Crippen LogP contribution is -2.50. The van der Waals surface area contributed by atoms with Gasteiger partial charge in [-0.2, -0.15) is 5.26 Å². The molecule has 0 aliphatic rings. The third-order valence-electron chi connectivity index (χ3n) is 3.56. The molecule has 0 heterocycles. The molecule has 5 nitrogen and oxygen atoms in total. The van der Waals surface area contributed by atoms with Gasteiger partial charge in [-0.1, -0.05) is 50.6 Å². The zero-order chi connectivity index (χ0) is 17.1. The predicted molar refractivity (Wildman–Crippen MR) is 90.1 cm³/mol. The van der Waals surface area contributed by atoms with Crippen LogP contribution in [-0.4, -0.2) is 24.4 Å². The van der Waals surface area contributed by atoms with Gasteiger partial charge in [0.25, 0.3) is 0 Å². The number of benzene rings is 1. The molecule has 5 heteroatoms. The normalized spacial score (nSPS) is 13.1. The van der Waals surface area contributed by atoms with Crippen molar-refractivity contribution in [3.05, 3.63) is 42.0 Å². The minimum atomic E-state index is -0.605. The number of rotatable bonds is 8. The molecule has 122 valence electrons. The second-order valence-corrected chi connectivity index (χ2v) is 5.31. The van der Waals surface area contributed by atoms with E-state index in [0.717, 1.165) is 12.0 Å². The summed E-state index contributed by atoms with van der Waals surface area (Å²) in [6.07, 6.45) is 4.14. The molecule has 0 spiro atoms. The molecule has 0 saturated carbocycles. The van der Waals surface area contributed by atoms with Crippen molar-refractivity contribution in [1.29, 1.82) is 5.26 Å². The van der Waals surface area contributed by atoms with Crippen molar-refractivity contribution >= 4 is 17.9 Å². The highest BCUT2D eigenvalue weighted by Gasteiger charge is 2.24. The van der Waals surface area contributed by atoms with Crippen molar-refractivity contribution in [2.24, 2.45) is 5.92 Å². The first-order chi connectivity index (χ1) is 11.1. The molecule has 2 atom stereocenters. The van der Waals surface area contributed by atoms with Gasteiger partial charge in [0.1, 0.15) is 6.04 Å². The van der Waals surface area contributed by atoms with Gasteiger partial charge in [0.2, 0.25) is 11.8 Å². The molecule has 0 saturated heterocycles. The number of nitrogens with one attached hydrogen (secondary N) is 2. The van der Waals surface area contributed by atoms with Gasteiger partial charge in [-0.15, -0.1) is 0 Å². The van der Waals surface area contributed by atoms with E-state index >= 15 is 0 Å². The minimum absolute atomic E-state index is 0.00570. The van der Waals surface area contributed by atoms with E-state index in [0.29, 0.717) is 0 Å². The summed E-state index contributed by atoms with van der Waals surface area (Å²) in [5.74, 6) is -0.559. The fraction of sp³-hybridized carbons (Fsp3) is 0.389. The first-order valence-corrected chi connectivity index (χ1v) is 7.76. The minimum Gasteiger partial charge on any atom is -0.353 e. The summed E-state index contributed by atoms with van der Waals surface area (Å²) in [6.45, 7) is 4.17. The number of carbonyl (C=O) groups excluding carboxylic acids is 2. The Bertz CT molecular complexity index is 576. The highest BCUT2D eigenvalue weighted by molar-refractivity contribution is 5.95. The Labute approximate surface area is 137 Å². The maximum atomic E-state index is 12.2. The van der Waals surface area contributed by atoms with E-state index in [1.54, 1.807) is 6.08 Å². The number of nitrogens with zero attached hydrogens (tertiary/aromatic N) is 1. The lowest BCUT2D eigenvalue weighted by molar-refractivity contribution is -0.128. The molecule has 0 bridgehead atoms. The van der Waals surface area contributed by atoms with E-state index in [4.69, 9.17) is 5.26 Å². The van der Waals surface area contributed by atoms with Crippen molar-refractivity contribution in [2.45, 2.75) is 32.7 Å². The van der Waals surface area contributed by atoms with Gasteiger partial charge in [-0.3, -0.25) is 9.59 Å². The molecule has 23 heavy (non-hydrogen) atoms. The SMILES string of the molecule is CC[C@H](C)[C@H](NC(=O)C=Cc1ccccc1)C(=O)NCCC#N. The maximum Gasteiger partial charge on any atom is 0.244 e. The van der Waals surface area contributed by atoms with Gasteiger partial charge in [0.05, 0.1) is 12.5 Å². The number of carbonyl (C=O) groups is 2. The van der Waals surface area contributed by atoms with Crippen molar-refractivity contribution < 1.29 is 9.59 Å². The smallest absolute Gasteiger partial charge is 0.244 e. The topological polar surface area (TPSA) is 82.0 Å². The molecule has 0 radical (unpaired) electrons. The Morgan fingerprint density at radius 2 is 2.00 bits per heavy atom. The van der Waals surface area contributed by atoms with E-state index in [9.17, 15) is 9.59 Å². The van der Waals surface area contributed by atoms with Crippen LogP contribution in [-0.2, 0) is 9.59 Å². The van der Waals surface area contributed by atoms with Gasteiger partial charge in [-0.25, -0.2) is 0 Å². The molecule has 1 aromatic carbocycles. The number of hydrogen-bond acceptors (Lipinski definition) is 3. The van der Waals surface area contributed by atoms with Gasteiger partial charge >= 0.3 is 0 Å². The van der Waals surface area contributed by atoms with Gasteiger partial charge in [0.15, 0.2) is 0 Å². The Hall–Kier alpha value is -2.61. The lowest BCUT2D eigenvalue weighted by atomic mass is 9.98. The maximum absolute atomic E-state index is 12.2. The monoisotopic (exact) mass is 313 g/mol. The van der Waals surface area contributed by atoms with E-state index in [1.807, 2.05) is 50.2 Å². The summed E-state index contributed by atoms with van der Waals surface area (Å²) in [7, 11) is 0. The van der Waals surface area contributed by atoms with Gasteiger partial charge in [-0.05, 0) is 17.6 Å². The number of hydrogen-bond donors (Lipinski definition) is 2. The molecular formula is C18H23N3O2. The molecule has 2 amide bonds. The van der Waals surface area contributed by atoms with E-state index < -0.39 is 6.04 Å². The summed E-state index contributed by atoms with van der Waals surface area (Å²) in [4.78, 5) is 24.2. The van der Waals surface area contributed by atoms with Crippen LogP contribution in [0.25, 0.3) is 6.08 Å². The van der Waals surface area contributed by atoms with Crippen molar-refractivity contribution in [3.63, 3.8) is 0 Å². The molecule has 0 fully saturated rings. The fourth-order valence-electron chi connectivity index (χ4n) is 1.99. The molecule has 0 aromatic heterocycles. The summed E-state index contributed by atoms with van der Waals surface area (Å²) in [5, 5.41) is 13.9. The third kappa shape index (κ3) is 6.79. The summed E-state index contributed by atoms with van der Waals surface area (Å²) in [6, 6.07) is 10.8. The second kappa shape index (κ2) is 10.2. The summed E-state index contributed by atoms with van der Waals surface area (Å²) in [5.41, 5.74) is 0.918. The fourth-order valence-corrected chi connectivity index (χ4v) is 1.99. The summed E-state index contributed by atoms with van der Waals surface area (Å²) < 4.78 is 0. The molecule has 2 N–H and O–H groups in total. The van der Waals surface area contributed by atoms with Crippen LogP contribution in [0, 0.1) is 17.2 Å². The molecule has 1 rings (SSSR count). The van der Waals surface area contributed by atoms with Crippen LogP contribution in [0.4, 0.5) is 0 Å². The Morgan fingerprint density at radius 1 is 1.30 bits per heavy atom. The van der Waals surface area contributed by atoms with Crippen LogP contribution in [0.1, 0.15) is 32.3 Å². The predicted octanol–water partition coefficient (Wildman–Crippen LogP) is 2.26. The first-order valence-electron chi connectivity index (χ1n) is 7.76. The van der Waals surface area contributed by atoms with Crippen LogP contribution < -0.4 is 10.6 Å². The van der Waals surface area contributed by atoms with Crippen LogP contribution in [0.2, 0.25) is 0 Å². The van der Waals surface area contributed by atoms with E-state index in [1.165, 1.54) is 6.08 Å². The van der Waals surface area contributed by atoms with Crippen molar-refractivity contribution in [1.82, 2.24) is 10.6 Å². The quantitative estimate of drug-likeness (QED) is 0.570. The second-order valence-electron chi connectivity index (χ2n) is 5.31. The first kappa shape index (κ1) is 18.4. The van der Waals surface area contributed by atoms with Crippen molar-refractivity contribution in [2.75, 3.05) is 6.54 Å². The third-order valence-corrected chi connectivity index (χ3v) is 3.56. The number of nitriles is 1. The van der Waals surface area contributed by atoms with Crippen molar-refractivity contribution in [3.8, 4) is 6.07 Å². The molecule has 0 unspecified atom stereocenters. The average Bonchev–Trinajstić information content (AvgIpc) is 2.58. The standard InChI is InChI=1S/C18H23N3O2/c1-3-14(2)17(18(23)20-13-7-12-19)21-16(22)11-10-15-8-5-4-6-9-15/h4-6,8-11,14,17H,3,7,13H2,1-2H3,(H,20,23)(H,21,22)/t14-,17-/m0/s1. The van der Waals surface area contributed by atoms with Crippen LogP contribution in [0.3, 0.4) is 0 Å².